The van der Waals surface area contributed by atoms with E-state index in [-0.39, 0.29) is 17.4 Å². The molecule has 8 heteroatoms. The lowest BCUT2D eigenvalue weighted by atomic mass is 9.96. The summed E-state index contributed by atoms with van der Waals surface area (Å²) in [4.78, 5) is 26.8. The van der Waals surface area contributed by atoms with E-state index in [0.29, 0.717) is 36.2 Å². The Bertz CT molecular complexity index is 1040. The van der Waals surface area contributed by atoms with E-state index in [9.17, 15) is 9.59 Å². The van der Waals surface area contributed by atoms with E-state index in [2.05, 4.69) is 15.3 Å². The Kier molecular flexibility index (Phi) is 5.67. The number of halogens is 1. The highest BCUT2D eigenvalue weighted by atomic mass is 35.5. The summed E-state index contributed by atoms with van der Waals surface area (Å²) < 4.78 is 6.59. The van der Waals surface area contributed by atoms with Crippen molar-refractivity contribution in [3.05, 3.63) is 75.9 Å². The van der Waals surface area contributed by atoms with Gasteiger partial charge in [-0.2, -0.15) is 4.68 Å². The highest BCUT2D eigenvalue weighted by Crippen LogP contribution is 2.22. The van der Waals surface area contributed by atoms with Crippen LogP contribution in [0.5, 0.6) is 0 Å². The fraction of sp³-hybridized carbons (Fsp3) is 0.286. The highest BCUT2D eigenvalue weighted by Gasteiger charge is 2.26. The van der Waals surface area contributed by atoms with Crippen LogP contribution in [0.15, 0.2) is 64.0 Å². The van der Waals surface area contributed by atoms with Gasteiger partial charge in [-0.05, 0) is 49.2 Å². The first-order valence-electron chi connectivity index (χ1n) is 9.51. The summed E-state index contributed by atoms with van der Waals surface area (Å²) in [5.74, 6) is 1.44. The van der Waals surface area contributed by atoms with Crippen LogP contribution < -0.4 is 15.8 Å². The van der Waals surface area contributed by atoms with Gasteiger partial charge in [0.15, 0.2) is 0 Å². The van der Waals surface area contributed by atoms with E-state index in [1.165, 1.54) is 10.7 Å². The maximum atomic E-state index is 12.4. The van der Waals surface area contributed by atoms with Crippen molar-refractivity contribution >= 4 is 23.3 Å². The lowest BCUT2D eigenvalue weighted by Gasteiger charge is -2.32. The molecule has 1 aromatic carbocycles. The minimum atomic E-state index is -0.219. The molecular weight excluding hydrogens is 392 g/mol. The number of carbonyl (C=O) groups excluding carboxylic acids is 1. The van der Waals surface area contributed by atoms with Crippen molar-refractivity contribution in [3.63, 3.8) is 0 Å². The lowest BCUT2D eigenvalue weighted by molar-refractivity contribution is -0.125. The number of anilines is 1. The normalized spacial score (nSPS) is 14.7. The second kappa shape index (κ2) is 8.53. The molecule has 7 nitrogen and oxygen atoms in total. The molecule has 4 rings (SSSR count). The molecule has 29 heavy (non-hydrogen) atoms. The van der Waals surface area contributed by atoms with Crippen LogP contribution in [-0.4, -0.2) is 28.8 Å². The maximum Gasteiger partial charge on any atom is 0.271 e. The van der Waals surface area contributed by atoms with E-state index < -0.39 is 0 Å². The van der Waals surface area contributed by atoms with Crippen LogP contribution in [0.1, 0.15) is 18.6 Å². The molecule has 0 aliphatic carbocycles. The Morgan fingerprint density at radius 3 is 2.72 bits per heavy atom. The molecule has 0 spiro atoms. The SMILES string of the molecule is O=C(NCc1ccco1)C1CCN(c2ccc(=O)n(-c3cccc(Cl)c3)n2)CC1. The highest BCUT2D eigenvalue weighted by molar-refractivity contribution is 6.30. The molecular formula is C21H21ClN4O3. The van der Waals surface area contributed by atoms with Gasteiger partial charge in [-0.3, -0.25) is 9.59 Å². The van der Waals surface area contributed by atoms with Crippen LogP contribution in [0.25, 0.3) is 5.69 Å². The van der Waals surface area contributed by atoms with Gasteiger partial charge < -0.3 is 14.6 Å². The molecule has 0 atom stereocenters. The number of amides is 1. The Hall–Kier alpha value is -3.06. The Morgan fingerprint density at radius 1 is 1.17 bits per heavy atom. The minimum Gasteiger partial charge on any atom is -0.467 e. The standard InChI is InChI=1S/C21H21ClN4O3/c22-16-3-1-4-17(13-16)26-20(27)7-6-19(24-26)25-10-8-15(9-11-25)21(28)23-14-18-5-2-12-29-18/h1-7,12-13,15H,8-11,14H2,(H,23,28). The molecule has 0 saturated carbocycles. The van der Waals surface area contributed by atoms with Crippen molar-refractivity contribution in [3.8, 4) is 5.69 Å². The first-order chi connectivity index (χ1) is 14.1. The number of rotatable bonds is 5. The molecule has 1 fully saturated rings. The molecule has 150 valence electrons. The quantitative estimate of drug-likeness (QED) is 0.696. The number of nitrogens with one attached hydrogen (secondary N) is 1. The largest absolute Gasteiger partial charge is 0.467 e. The van der Waals surface area contributed by atoms with Gasteiger partial charge in [-0.1, -0.05) is 17.7 Å². The number of carbonyl (C=O) groups is 1. The zero-order valence-electron chi connectivity index (χ0n) is 15.8. The molecule has 1 N–H and O–H groups in total. The Balaban J connectivity index is 1.40. The van der Waals surface area contributed by atoms with Crippen LogP contribution in [-0.2, 0) is 11.3 Å². The summed E-state index contributed by atoms with van der Waals surface area (Å²) in [6, 6.07) is 13.9. The Labute approximate surface area is 172 Å². The average molecular weight is 413 g/mol. The van der Waals surface area contributed by atoms with Gasteiger partial charge >= 0.3 is 0 Å². The van der Waals surface area contributed by atoms with Gasteiger partial charge in [0.25, 0.3) is 5.56 Å². The summed E-state index contributed by atoms with van der Waals surface area (Å²) in [6.45, 7) is 1.79. The molecule has 1 amide bonds. The van der Waals surface area contributed by atoms with Gasteiger partial charge in [-0.15, -0.1) is 5.10 Å². The molecule has 0 bridgehead atoms. The van der Waals surface area contributed by atoms with Crippen molar-refractivity contribution in [2.24, 2.45) is 5.92 Å². The van der Waals surface area contributed by atoms with Crippen molar-refractivity contribution in [2.45, 2.75) is 19.4 Å². The number of aromatic nitrogens is 2. The monoisotopic (exact) mass is 412 g/mol. The van der Waals surface area contributed by atoms with Crippen LogP contribution >= 0.6 is 11.6 Å². The molecule has 1 aliphatic heterocycles. The van der Waals surface area contributed by atoms with Crippen molar-refractivity contribution < 1.29 is 9.21 Å². The van der Waals surface area contributed by atoms with E-state index in [0.717, 1.165) is 18.6 Å². The fourth-order valence-electron chi connectivity index (χ4n) is 3.47. The third-order valence-electron chi connectivity index (χ3n) is 5.05. The van der Waals surface area contributed by atoms with E-state index in [1.807, 2.05) is 6.07 Å². The summed E-state index contributed by atoms with van der Waals surface area (Å²) >= 11 is 6.04. The van der Waals surface area contributed by atoms with E-state index in [1.54, 1.807) is 42.7 Å². The van der Waals surface area contributed by atoms with Crippen molar-refractivity contribution in [1.29, 1.82) is 0 Å². The number of furan rings is 1. The van der Waals surface area contributed by atoms with Crippen molar-refractivity contribution in [1.82, 2.24) is 15.1 Å². The van der Waals surface area contributed by atoms with Crippen LogP contribution in [0.3, 0.4) is 0 Å². The number of nitrogens with zero attached hydrogens (tertiary/aromatic N) is 3. The third-order valence-corrected chi connectivity index (χ3v) is 5.28. The van der Waals surface area contributed by atoms with E-state index in [4.69, 9.17) is 16.0 Å². The topological polar surface area (TPSA) is 80.4 Å². The number of benzene rings is 1. The van der Waals surface area contributed by atoms with Gasteiger partial charge in [0.2, 0.25) is 5.91 Å². The molecule has 2 aromatic heterocycles. The van der Waals surface area contributed by atoms with Crippen LogP contribution in [0.2, 0.25) is 5.02 Å². The summed E-state index contributed by atoms with van der Waals surface area (Å²) in [5, 5.41) is 7.98. The number of hydrogen-bond donors (Lipinski definition) is 1. The molecule has 1 aliphatic rings. The summed E-state index contributed by atoms with van der Waals surface area (Å²) in [5.41, 5.74) is 0.403. The van der Waals surface area contributed by atoms with Crippen molar-refractivity contribution in [2.75, 3.05) is 18.0 Å². The number of piperidine rings is 1. The van der Waals surface area contributed by atoms with Gasteiger partial charge in [0.05, 0.1) is 18.5 Å². The van der Waals surface area contributed by atoms with E-state index >= 15 is 0 Å². The third kappa shape index (κ3) is 4.51. The van der Waals surface area contributed by atoms with Gasteiger partial charge in [-0.25, -0.2) is 0 Å². The molecule has 0 radical (unpaired) electrons. The van der Waals surface area contributed by atoms with Crippen LogP contribution in [0.4, 0.5) is 5.82 Å². The van der Waals surface area contributed by atoms with Gasteiger partial charge in [0, 0.05) is 30.1 Å². The second-order valence-corrected chi connectivity index (χ2v) is 7.42. The zero-order valence-corrected chi connectivity index (χ0v) is 16.5. The zero-order chi connectivity index (χ0) is 20.2. The van der Waals surface area contributed by atoms with Crippen LogP contribution in [0, 0.1) is 5.92 Å². The predicted molar refractivity (Wildman–Crippen MR) is 110 cm³/mol. The first-order valence-corrected chi connectivity index (χ1v) is 9.89. The maximum absolute atomic E-state index is 12.4. The summed E-state index contributed by atoms with van der Waals surface area (Å²) in [6.07, 6.45) is 3.04. The second-order valence-electron chi connectivity index (χ2n) is 6.98. The minimum absolute atomic E-state index is 0.0397. The van der Waals surface area contributed by atoms with Gasteiger partial charge in [0.1, 0.15) is 11.6 Å². The Morgan fingerprint density at radius 2 is 2.00 bits per heavy atom. The number of hydrogen-bond acceptors (Lipinski definition) is 5. The molecule has 1 saturated heterocycles. The predicted octanol–water partition coefficient (Wildman–Crippen LogP) is 3.01. The molecule has 3 aromatic rings. The lowest BCUT2D eigenvalue weighted by Crippen LogP contribution is -2.41. The first kappa shape index (κ1) is 19.3. The fourth-order valence-corrected chi connectivity index (χ4v) is 3.65. The summed E-state index contributed by atoms with van der Waals surface area (Å²) in [7, 11) is 0. The molecule has 0 unspecified atom stereocenters. The smallest absolute Gasteiger partial charge is 0.271 e. The molecule has 3 heterocycles. The average Bonchev–Trinajstić information content (AvgIpc) is 3.26.